The molecule has 116 valence electrons. The molecule has 2 aromatic rings. The van der Waals surface area contributed by atoms with E-state index in [1.165, 1.54) is 6.07 Å². The molecule has 1 amide bonds. The highest BCUT2D eigenvalue weighted by atomic mass is 35.5. The van der Waals surface area contributed by atoms with Crippen LogP contribution < -0.4 is 5.32 Å². The van der Waals surface area contributed by atoms with E-state index in [1.807, 2.05) is 0 Å². The Morgan fingerprint density at radius 2 is 1.77 bits per heavy atom. The third-order valence-corrected chi connectivity index (χ3v) is 3.42. The standard InChI is InChI=1S/C16H13ClF3NO/c1-10(12-3-2-4-13(9-12)16(18,19)20)21-15(22)11-5-7-14(17)8-6-11/h2-10H,1H3,(H,21,22). The zero-order valence-electron chi connectivity index (χ0n) is 11.6. The predicted octanol–water partition coefficient (Wildman–Crippen LogP) is 4.85. The van der Waals surface area contributed by atoms with Gasteiger partial charge in [-0.1, -0.05) is 23.7 Å². The second kappa shape index (κ2) is 6.40. The van der Waals surface area contributed by atoms with Crippen molar-refractivity contribution in [1.29, 1.82) is 0 Å². The Morgan fingerprint density at radius 3 is 2.36 bits per heavy atom. The molecule has 2 aromatic carbocycles. The van der Waals surface area contributed by atoms with E-state index in [9.17, 15) is 18.0 Å². The molecule has 6 heteroatoms. The summed E-state index contributed by atoms with van der Waals surface area (Å²) in [5, 5.41) is 3.16. The minimum atomic E-state index is -4.41. The normalized spacial score (nSPS) is 12.8. The summed E-state index contributed by atoms with van der Waals surface area (Å²) in [6, 6.07) is 10.6. The highest BCUT2D eigenvalue weighted by molar-refractivity contribution is 6.30. The first-order valence-corrected chi connectivity index (χ1v) is 6.89. The monoisotopic (exact) mass is 327 g/mol. The van der Waals surface area contributed by atoms with E-state index in [1.54, 1.807) is 37.3 Å². The van der Waals surface area contributed by atoms with Crippen LogP contribution in [0.15, 0.2) is 48.5 Å². The third kappa shape index (κ3) is 4.01. The first kappa shape index (κ1) is 16.4. The van der Waals surface area contributed by atoms with E-state index in [4.69, 9.17) is 11.6 Å². The van der Waals surface area contributed by atoms with Crippen molar-refractivity contribution in [3.63, 3.8) is 0 Å². The van der Waals surface area contributed by atoms with E-state index in [2.05, 4.69) is 5.32 Å². The van der Waals surface area contributed by atoms with Crippen molar-refractivity contribution in [3.05, 3.63) is 70.2 Å². The summed E-state index contributed by atoms with van der Waals surface area (Å²) in [7, 11) is 0. The SMILES string of the molecule is CC(NC(=O)c1ccc(Cl)cc1)c1cccc(C(F)(F)F)c1. The molecule has 0 aliphatic rings. The van der Waals surface area contributed by atoms with Gasteiger partial charge >= 0.3 is 6.18 Å². The van der Waals surface area contributed by atoms with Gasteiger partial charge in [-0.3, -0.25) is 4.79 Å². The topological polar surface area (TPSA) is 29.1 Å². The van der Waals surface area contributed by atoms with Gasteiger partial charge in [0.15, 0.2) is 0 Å². The Balaban J connectivity index is 2.13. The van der Waals surface area contributed by atoms with Crippen LogP contribution in [0, 0.1) is 0 Å². The van der Waals surface area contributed by atoms with E-state index < -0.39 is 17.8 Å². The Kier molecular flexibility index (Phi) is 4.76. The van der Waals surface area contributed by atoms with Gasteiger partial charge in [0, 0.05) is 10.6 Å². The molecule has 0 saturated carbocycles. The molecule has 0 bridgehead atoms. The van der Waals surface area contributed by atoms with Crippen LogP contribution in [0.3, 0.4) is 0 Å². The van der Waals surface area contributed by atoms with Gasteiger partial charge in [0.25, 0.3) is 5.91 Å². The largest absolute Gasteiger partial charge is 0.416 e. The molecule has 1 unspecified atom stereocenters. The Hall–Kier alpha value is -2.01. The zero-order chi connectivity index (χ0) is 16.3. The van der Waals surface area contributed by atoms with E-state index in [0.717, 1.165) is 12.1 Å². The van der Waals surface area contributed by atoms with Crippen LogP contribution in [0.5, 0.6) is 0 Å². The molecule has 0 spiro atoms. The molecule has 0 saturated heterocycles. The Morgan fingerprint density at radius 1 is 1.14 bits per heavy atom. The Labute approximate surface area is 130 Å². The summed E-state index contributed by atoms with van der Waals surface area (Å²) in [6.07, 6.45) is -4.41. The smallest absolute Gasteiger partial charge is 0.346 e. The lowest BCUT2D eigenvalue weighted by Crippen LogP contribution is -2.26. The molecular weight excluding hydrogens is 315 g/mol. The summed E-state index contributed by atoms with van der Waals surface area (Å²) in [4.78, 5) is 12.0. The minimum absolute atomic E-state index is 0.374. The predicted molar refractivity (Wildman–Crippen MR) is 78.8 cm³/mol. The van der Waals surface area contributed by atoms with Crippen LogP contribution in [0.25, 0.3) is 0 Å². The number of nitrogens with one attached hydrogen (secondary N) is 1. The molecule has 22 heavy (non-hydrogen) atoms. The van der Waals surface area contributed by atoms with Crippen molar-refractivity contribution >= 4 is 17.5 Å². The second-order valence-electron chi connectivity index (χ2n) is 4.83. The van der Waals surface area contributed by atoms with Crippen LogP contribution in [0.4, 0.5) is 13.2 Å². The first-order chi connectivity index (χ1) is 10.3. The fourth-order valence-electron chi connectivity index (χ4n) is 1.95. The van der Waals surface area contributed by atoms with Crippen LogP contribution in [-0.4, -0.2) is 5.91 Å². The molecule has 0 fully saturated rings. The maximum Gasteiger partial charge on any atom is 0.416 e. The number of alkyl halides is 3. The van der Waals surface area contributed by atoms with Gasteiger partial charge < -0.3 is 5.32 Å². The van der Waals surface area contributed by atoms with Crippen LogP contribution in [0.1, 0.15) is 34.5 Å². The highest BCUT2D eigenvalue weighted by Crippen LogP contribution is 2.30. The third-order valence-electron chi connectivity index (χ3n) is 3.17. The minimum Gasteiger partial charge on any atom is -0.346 e. The van der Waals surface area contributed by atoms with E-state index >= 15 is 0 Å². The van der Waals surface area contributed by atoms with E-state index in [0.29, 0.717) is 16.1 Å². The average molecular weight is 328 g/mol. The lowest BCUT2D eigenvalue weighted by molar-refractivity contribution is -0.137. The highest BCUT2D eigenvalue weighted by Gasteiger charge is 2.30. The second-order valence-corrected chi connectivity index (χ2v) is 5.26. The lowest BCUT2D eigenvalue weighted by atomic mass is 10.0. The Bertz CT molecular complexity index is 668. The van der Waals surface area contributed by atoms with Crippen LogP contribution >= 0.6 is 11.6 Å². The number of benzene rings is 2. The van der Waals surface area contributed by atoms with Crippen LogP contribution in [0.2, 0.25) is 5.02 Å². The maximum atomic E-state index is 12.7. The molecule has 0 aliphatic heterocycles. The van der Waals surface area contributed by atoms with Gasteiger partial charge in [0.05, 0.1) is 11.6 Å². The number of hydrogen-bond acceptors (Lipinski definition) is 1. The van der Waals surface area contributed by atoms with Gasteiger partial charge in [-0.05, 0) is 48.9 Å². The van der Waals surface area contributed by atoms with Gasteiger partial charge in [-0.2, -0.15) is 13.2 Å². The molecule has 1 atom stereocenters. The molecule has 2 rings (SSSR count). The summed E-state index contributed by atoms with van der Waals surface area (Å²) >= 11 is 5.74. The summed E-state index contributed by atoms with van der Waals surface area (Å²) in [5.74, 6) is -0.374. The lowest BCUT2D eigenvalue weighted by Gasteiger charge is -2.16. The number of carbonyl (C=O) groups excluding carboxylic acids is 1. The number of halogens is 4. The fraction of sp³-hybridized carbons (Fsp3) is 0.188. The summed E-state index contributed by atoms with van der Waals surface area (Å²) < 4.78 is 38.1. The van der Waals surface area contributed by atoms with Crippen molar-refractivity contribution in [3.8, 4) is 0 Å². The fourth-order valence-corrected chi connectivity index (χ4v) is 2.07. The van der Waals surface area contributed by atoms with Gasteiger partial charge in [-0.25, -0.2) is 0 Å². The number of amides is 1. The van der Waals surface area contributed by atoms with Crippen molar-refractivity contribution in [2.75, 3.05) is 0 Å². The van der Waals surface area contributed by atoms with Crippen molar-refractivity contribution in [2.45, 2.75) is 19.1 Å². The molecule has 2 nitrogen and oxygen atoms in total. The van der Waals surface area contributed by atoms with E-state index in [-0.39, 0.29) is 5.91 Å². The quantitative estimate of drug-likeness (QED) is 0.858. The van der Waals surface area contributed by atoms with Crippen molar-refractivity contribution in [2.24, 2.45) is 0 Å². The molecule has 0 radical (unpaired) electrons. The van der Waals surface area contributed by atoms with Crippen molar-refractivity contribution < 1.29 is 18.0 Å². The first-order valence-electron chi connectivity index (χ1n) is 6.51. The zero-order valence-corrected chi connectivity index (χ0v) is 12.4. The molecule has 0 heterocycles. The molecule has 1 N–H and O–H groups in total. The molecule has 0 aromatic heterocycles. The number of hydrogen-bond donors (Lipinski definition) is 1. The molecular formula is C16H13ClF3NO. The number of carbonyl (C=O) groups is 1. The summed E-state index contributed by atoms with van der Waals surface area (Å²) in [6.45, 7) is 1.63. The summed E-state index contributed by atoms with van der Waals surface area (Å²) in [5.41, 5.74) is 0.0398. The molecule has 0 aliphatic carbocycles. The van der Waals surface area contributed by atoms with Gasteiger partial charge in [0.2, 0.25) is 0 Å². The maximum absolute atomic E-state index is 12.7. The van der Waals surface area contributed by atoms with Crippen molar-refractivity contribution in [1.82, 2.24) is 5.32 Å². The van der Waals surface area contributed by atoms with Gasteiger partial charge in [-0.15, -0.1) is 0 Å². The van der Waals surface area contributed by atoms with Crippen LogP contribution in [-0.2, 0) is 6.18 Å². The average Bonchev–Trinajstić information content (AvgIpc) is 2.47. The number of rotatable bonds is 3. The van der Waals surface area contributed by atoms with Gasteiger partial charge in [0.1, 0.15) is 0 Å².